The Morgan fingerprint density at radius 3 is 2.44 bits per heavy atom. The van der Waals surface area contributed by atoms with Gasteiger partial charge in [-0.2, -0.15) is 0 Å². The van der Waals surface area contributed by atoms with Crippen LogP contribution in [0.4, 0.5) is 0 Å². The number of carbonyl (C=O) groups excluding carboxylic acids is 2. The number of rotatable bonds is 2. The largest absolute Gasteiger partial charge is 0.333 e. The van der Waals surface area contributed by atoms with E-state index < -0.39 is 5.78 Å². The fourth-order valence-corrected chi connectivity index (χ4v) is 2.20. The summed E-state index contributed by atoms with van der Waals surface area (Å²) in [5, 5.41) is 3.16. The Hall–Kier alpha value is -1.68. The molecule has 1 heterocycles. The first-order valence-electron chi connectivity index (χ1n) is 6.21. The van der Waals surface area contributed by atoms with Gasteiger partial charge in [0.1, 0.15) is 0 Å². The van der Waals surface area contributed by atoms with Crippen LogP contribution in [-0.2, 0) is 4.79 Å². The molecule has 4 nitrogen and oxygen atoms in total. The average Bonchev–Trinajstić information content (AvgIpc) is 2.38. The normalized spacial score (nSPS) is 15.6. The Morgan fingerprint density at radius 1 is 1.17 bits per heavy atom. The highest BCUT2D eigenvalue weighted by Crippen LogP contribution is 2.12. The van der Waals surface area contributed by atoms with Gasteiger partial charge in [-0.15, -0.1) is 0 Å². The topological polar surface area (TPSA) is 49.4 Å². The van der Waals surface area contributed by atoms with Crippen LogP contribution in [0.15, 0.2) is 18.2 Å². The molecule has 0 aromatic heterocycles. The number of Topliss-reactive ketones (excluding diaryl/α,β-unsaturated/α-hetero) is 1. The molecule has 0 saturated carbocycles. The first-order valence-corrected chi connectivity index (χ1v) is 6.21. The van der Waals surface area contributed by atoms with Crippen molar-refractivity contribution < 1.29 is 9.59 Å². The van der Waals surface area contributed by atoms with Gasteiger partial charge in [-0.3, -0.25) is 9.59 Å². The number of nitrogens with zero attached hydrogens (tertiary/aromatic N) is 1. The highest BCUT2D eigenvalue weighted by Gasteiger charge is 2.25. The second-order valence-electron chi connectivity index (χ2n) is 4.69. The number of aryl methyl sites for hydroxylation is 2. The number of hydrogen-bond acceptors (Lipinski definition) is 3. The summed E-state index contributed by atoms with van der Waals surface area (Å²) in [5.41, 5.74) is 2.48. The van der Waals surface area contributed by atoms with Gasteiger partial charge in [-0.25, -0.2) is 0 Å². The standard InChI is InChI=1S/C14H18N2O2/c1-10-3-4-12(11(2)9-10)13(17)14(18)16-7-5-15-6-8-16/h3-4,9,15H,5-8H2,1-2H3. The van der Waals surface area contributed by atoms with E-state index in [2.05, 4.69) is 5.32 Å². The van der Waals surface area contributed by atoms with Crippen LogP contribution < -0.4 is 5.32 Å². The van der Waals surface area contributed by atoms with Crippen molar-refractivity contribution in [2.45, 2.75) is 13.8 Å². The SMILES string of the molecule is Cc1ccc(C(=O)C(=O)N2CCNCC2)c(C)c1. The summed E-state index contributed by atoms with van der Waals surface area (Å²) in [7, 11) is 0. The van der Waals surface area contributed by atoms with Crippen LogP contribution in [0, 0.1) is 13.8 Å². The molecule has 0 unspecified atom stereocenters. The summed E-state index contributed by atoms with van der Waals surface area (Å²) in [6, 6.07) is 5.54. The lowest BCUT2D eigenvalue weighted by Crippen LogP contribution is -2.48. The zero-order valence-corrected chi connectivity index (χ0v) is 10.8. The van der Waals surface area contributed by atoms with Gasteiger partial charge in [0.05, 0.1) is 0 Å². The molecule has 1 aromatic rings. The van der Waals surface area contributed by atoms with Gasteiger partial charge in [0, 0.05) is 31.7 Å². The number of hydrogen-bond donors (Lipinski definition) is 1. The van der Waals surface area contributed by atoms with E-state index in [1.807, 2.05) is 26.0 Å². The summed E-state index contributed by atoms with van der Waals surface area (Å²) in [4.78, 5) is 25.9. The third-order valence-corrected chi connectivity index (χ3v) is 3.22. The molecule has 1 fully saturated rings. The van der Waals surface area contributed by atoms with Crippen molar-refractivity contribution in [1.29, 1.82) is 0 Å². The highest BCUT2D eigenvalue weighted by atomic mass is 16.2. The van der Waals surface area contributed by atoms with Crippen LogP contribution in [0.1, 0.15) is 21.5 Å². The summed E-state index contributed by atoms with van der Waals surface area (Å²) in [6.45, 7) is 6.56. The number of nitrogens with one attached hydrogen (secondary N) is 1. The molecule has 4 heteroatoms. The highest BCUT2D eigenvalue weighted by molar-refractivity contribution is 6.43. The maximum atomic E-state index is 12.2. The molecule has 0 atom stereocenters. The van der Waals surface area contributed by atoms with Crippen LogP contribution in [0.25, 0.3) is 0 Å². The lowest BCUT2D eigenvalue weighted by Gasteiger charge is -2.26. The van der Waals surface area contributed by atoms with E-state index in [0.717, 1.165) is 24.2 Å². The molecule has 2 rings (SSSR count). The average molecular weight is 246 g/mol. The smallest absolute Gasteiger partial charge is 0.295 e. The Morgan fingerprint density at radius 2 is 1.83 bits per heavy atom. The minimum absolute atomic E-state index is 0.386. The summed E-state index contributed by atoms with van der Waals surface area (Å²) >= 11 is 0. The Kier molecular flexibility index (Phi) is 3.77. The minimum atomic E-state index is -0.394. The van der Waals surface area contributed by atoms with E-state index in [1.54, 1.807) is 11.0 Å². The van der Waals surface area contributed by atoms with Gasteiger partial charge in [0.15, 0.2) is 0 Å². The molecule has 0 spiro atoms. The predicted octanol–water partition coefficient (Wildman–Crippen LogP) is 0.918. The maximum absolute atomic E-state index is 12.2. The molecule has 18 heavy (non-hydrogen) atoms. The third kappa shape index (κ3) is 2.59. The lowest BCUT2D eigenvalue weighted by atomic mass is 10.0. The zero-order valence-electron chi connectivity index (χ0n) is 10.8. The van der Waals surface area contributed by atoms with E-state index in [4.69, 9.17) is 0 Å². The molecule has 0 radical (unpaired) electrons. The van der Waals surface area contributed by atoms with E-state index in [9.17, 15) is 9.59 Å². The second-order valence-corrected chi connectivity index (χ2v) is 4.69. The first kappa shape index (κ1) is 12.8. The third-order valence-electron chi connectivity index (χ3n) is 3.22. The number of ketones is 1. The molecule has 1 saturated heterocycles. The number of benzene rings is 1. The molecule has 96 valence electrons. The van der Waals surface area contributed by atoms with Crippen molar-refractivity contribution in [3.63, 3.8) is 0 Å². The molecule has 1 amide bonds. The quantitative estimate of drug-likeness (QED) is 0.623. The van der Waals surface area contributed by atoms with Crippen molar-refractivity contribution in [3.05, 3.63) is 34.9 Å². The van der Waals surface area contributed by atoms with Gasteiger partial charge in [-0.1, -0.05) is 23.8 Å². The van der Waals surface area contributed by atoms with Crippen molar-refractivity contribution in [2.24, 2.45) is 0 Å². The Bertz CT molecular complexity index is 477. The van der Waals surface area contributed by atoms with Gasteiger partial charge < -0.3 is 10.2 Å². The van der Waals surface area contributed by atoms with Crippen molar-refractivity contribution in [1.82, 2.24) is 10.2 Å². The minimum Gasteiger partial charge on any atom is -0.333 e. The van der Waals surface area contributed by atoms with E-state index in [-0.39, 0.29) is 5.91 Å². The van der Waals surface area contributed by atoms with Crippen LogP contribution in [0.5, 0.6) is 0 Å². The lowest BCUT2D eigenvalue weighted by molar-refractivity contribution is -0.127. The van der Waals surface area contributed by atoms with Crippen LogP contribution in [0.2, 0.25) is 0 Å². The van der Waals surface area contributed by atoms with Crippen LogP contribution in [0.3, 0.4) is 0 Å². The Labute approximate surface area is 107 Å². The molecule has 0 aliphatic carbocycles. The molecule has 1 aliphatic heterocycles. The predicted molar refractivity (Wildman–Crippen MR) is 69.7 cm³/mol. The fourth-order valence-electron chi connectivity index (χ4n) is 2.20. The molecule has 0 bridgehead atoms. The second kappa shape index (κ2) is 5.31. The fraction of sp³-hybridized carbons (Fsp3) is 0.429. The number of amides is 1. The van der Waals surface area contributed by atoms with Gasteiger partial charge in [0.25, 0.3) is 11.7 Å². The number of piperazine rings is 1. The van der Waals surface area contributed by atoms with Crippen molar-refractivity contribution >= 4 is 11.7 Å². The molecule has 1 aromatic carbocycles. The van der Waals surface area contributed by atoms with E-state index >= 15 is 0 Å². The summed E-state index contributed by atoms with van der Waals surface area (Å²) < 4.78 is 0. The first-order chi connectivity index (χ1) is 8.59. The summed E-state index contributed by atoms with van der Waals surface area (Å²) in [6.07, 6.45) is 0. The Balaban J connectivity index is 2.17. The molecule has 1 aliphatic rings. The van der Waals surface area contributed by atoms with E-state index in [0.29, 0.717) is 18.7 Å². The zero-order chi connectivity index (χ0) is 13.1. The van der Waals surface area contributed by atoms with Crippen molar-refractivity contribution in [2.75, 3.05) is 26.2 Å². The molecule has 1 N–H and O–H groups in total. The number of carbonyl (C=O) groups is 2. The van der Waals surface area contributed by atoms with Crippen LogP contribution in [-0.4, -0.2) is 42.8 Å². The van der Waals surface area contributed by atoms with Gasteiger partial charge in [0.2, 0.25) is 0 Å². The van der Waals surface area contributed by atoms with Crippen molar-refractivity contribution in [3.8, 4) is 0 Å². The van der Waals surface area contributed by atoms with E-state index in [1.165, 1.54) is 0 Å². The van der Waals surface area contributed by atoms with Gasteiger partial charge >= 0.3 is 0 Å². The molecular weight excluding hydrogens is 228 g/mol. The maximum Gasteiger partial charge on any atom is 0.295 e. The van der Waals surface area contributed by atoms with Gasteiger partial charge in [-0.05, 0) is 19.4 Å². The van der Waals surface area contributed by atoms with Crippen LogP contribution >= 0.6 is 0 Å². The monoisotopic (exact) mass is 246 g/mol. The molecular formula is C14H18N2O2. The summed E-state index contributed by atoms with van der Waals surface area (Å²) in [5.74, 6) is -0.780.